The van der Waals surface area contributed by atoms with Crippen molar-refractivity contribution in [3.8, 4) is 0 Å². The lowest BCUT2D eigenvalue weighted by molar-refractivity contribution is 0.279. The quantitative estimate of drug-likeness (QED) is 0.806. The molecule has 1 fully saturated rings. The maximum Gasteiger partial charge on any atom is 0.120 e. The largest absolute Gasteiger partial charge is 0.463 e. The van der Waals surface area contributed by atoms with Crippen LogP contribution < -0.4 is 5.32 Å². The first-order chi connectivity index (χ1) is 8.54. The van der Waals surface area contributed by atoms with E-state index in [1.54, 1.807) is 0 Å². The van der Waals surface area contributed by atoms with Crippen LogP contribution in [0.5, 0.6) is 0 Å². The SMILES string of the molecule is Cc1cc(CN(C)CC2CC2)oc1CNC(C)C. The summed E-state index contributed by atoms with van der Waals surface area (Å²) in [6.45, 7) is 9.41. The van der Waals surface area contributed by atoms with E-state index in [2.05, 4.69) is 44.1 Å². The molecule has 1 N–H and O–H groups in total. The molecule has 0 radical (unpaired) electrons. The number of furan rings is 1. The van der Waals surface area contributed by atoms with Gasteiger partial charge < -0.3 is 9.73 Å². The third-order valence-electron chi connectivity index (χ3n) is 3.44. The average molecular weight is 250 g/mol. The molecule has 1 heterocycles. The Balaban J connectivity index is 1.86. The second-order valence-corrected chi connectivity index (χ2v) is 5.99. The van der Waals surface area contributed by atoms with Crippen molar-refractivity contribution in [1.29, 1.82) is 0 Å². The predicted molar refractivity (Wildman–Crippen MR) is 74.5 cm³/mol. The van der Waals surface area contributed by atoms with Crippen molar-refractivity contribution in [3.05, 3.63) is 23.2 Å². The van der Waals surface area contributed by atoms with Crippen LogP contribution in [0.3, 0.4) is 0 Å². The van der Waals surface area contributed by atoms with Gasteiger partial charge in [0.2, 0.25) is 0 Å². The van der Waals surface area contributed by atoms with Gasteiger partial charge in [-0.1, -0.05) is 13.8 Å². The maximum atomic E-state index is 5.93. The van der Waals surface area contributed by atoms with E-state index in [-0.39, 0.29) is 0 Å². The molecule has 0 aromatic carbocycles. The molecule has 1 aromatic rings. The predicted octanol–water partition coefficient (Wildman–Crippen LogP) is 2.93. The molecule has 2 rings (SSSR count). The van der Waals surface area contributed by atoms with Gasteiger partial charge in [0.15, 0.2) is 0 Å². The fourth-order valence-corrected chi connectivity index (χ4v) is 2.21. The van der Waals surface area contributed by atoms with Crippen LogP contribution in [0.25, 0.3) is 0 Å². The highest BCUT2D eigenvalue weighted by atomic mass is 16.3. The first-order valence-corrected chi connectivity index (χ1v) is 7.04. The lowest BCUT2D eigenvalue weighted by Crippen LogP contribution is -2.22. The molecule has 18 heavy (non-hydrogen) atoms. The van der Waals surface area contributed by atoms with E-state index in [1.165, 1.54) is 24.9 Å². The molecule has 3 nitrogen and oxygen atoms in total. The fraction of sp³-hybridized carbons (Fsp3) is 0.733. The molecule has 0 spiro atoms. The number of rotatable bonds is 7. The van der Waals surface area contributed by atoms with Gasteiger partial charge in [-0.2, -0.15) is 0 Å². The molecule has 3 heteroatoms. The van der Waals surface area contributed by atoms with Gasteiger partial charge in [-0.05, 0) is 44.4 Å². The normalized spacial score (nSPS) is 15.9. The standard InChI is InChI=1S/C15H26N2O/c1-11(2)16-8-15-12(3)7-14(18-15)10-17(4)9-13-5-6-13/h7,11,13,16H,5-6,8-10H2,1-4H3. The van der Waals surface area contributed by atoms with Crippen molar-refractivity contribution in [3.63, 3.8) is 0 Å². The van der Waals surface area contributed by atoms with Crippen molar-refractivity contribution in [2.45, 2.75) is 52.7 Å². The molecule has 0 aliphatic heterocycles. The van der Waals surface area contributed by atoms with E-state index in [1.807, 2.05) is 0 Å². The van der Waals surface area contributed by atoms with Gasteiger partial charge in [0.1, 0.15) is 11.5 Å². The highest BCUT2D eigenvalue weighted by molar-refractivity contribution is 5.20. The summed E-state index contributed by atoms with van der Waals surface area (Å²) in [7, 11) is 2.18. The van der Waals surface area contributed by atoms with Crippen molar-refractivity contribution >= 4 is 0 Å². The summed E-state index contributed by atoms with van der Waals surface area (Å²) in [5.41, 5.74) is 1.26. The van der Waals surface area contributed by atoms with E-state index in [0.717, 1.165) is 30.5 Å². The van der Waals surface area contributed by atoms with Crippen LogP contribution in [-0.2, 0) is 13.1 Å². The van der Waals surface area contributed by atoms with Gasteiger partial charge in [0, 0.05) is 12.6 Å². The summed E-state index contributed by atoms with van der Waals surface area (Å²) in [4.78, 5) is 2.37. The minimum absolute atomic E-state index is 0.496. The minimum Gasteiger partial charge on any atom is -0.463 e. The molecule has 0 unspecified atom stereocenters. The van der Waals surface area contributed by atoms with Gasteiger partial charge in [0.05, 0.1) is 13.1 Å². The van der Waals surface area contributed by atoms with Crippen LogP contribution in [0.15, 0.2) is 10.5 Å². The highest BCUT2D eigenvalue weighted by Crippen LogP contribution is 2.29. The zero-order valence-electron chi connectivity index (χ0n) is 12.1. The van der Waals surface area contributed by atoms with Crippen LogP contribution in [0.1, 0.15) is 43.8 Å². The maximum absolute atomic E-state index is 5.93. The molecule has 1 aliphatic carbocycles. The summed E-state index contributed by atoms with van der Waals surface area (Å²) in [5.74, 6) is 3.11. The molecule has 102 valence electrons. The van der Waals surface area contributed by atoms with E-state index < -0.39 is 0 Å². The summed E-state index contributed by atoms with van der Waals surface area (Å²) in [6, 6.07) is 2.68. The zero-order valence-corrected chi connectivity index (χ0v) is 12.1. The molecule has 0 atom stereocenters. The second-order valence-electron chi connectivity index (χ2n) is 5.99. The van der Waals surface area contributed by atoms with Crippen molar-refractivity contribution < 1.29 is 4.42 Å². The van der Waals surface area contributed by atoms with E-state index >= 15 is 0 Å². The van der Waals surface area contributed by atoms with Crippen LogP contribution in [0, 0.1) is 12.8 Å². The fourth-order valence-electron chi connectivity index (χ4n) is 2.21. The lowest BCUT2D eigenvalue weighted by atomic mass is 10.2. The third-order valence-corrected chi connectivity index (χ3v) is 3.44. The highest BCUT2D eigenvalue weighted by Gasteiger charge is 2.23. The average Bonchev–Trinajstić information content (AvgIpc) is 3.00. The number of nitrogens with one attached hydrogen (secondary N) is 1. The van der Waals surface area contributed by atoms with Crippen molar-refractivity contribution in [1.82, 2.24) is 10.2 Å². The summed E-state index contributed by atoms with van der Waals surface area (Å²) >= 11 is 0. The Kier molecular flexibility index (Phi) is 4.46. The first kappa shape index (κ1) is 13.6. The zero-order chi connectivity index (χ0) is 13.1. The lowest BCUT2D eigenvalue weighted by Gasteiger charge is -2.14. The molecule has 1 aliphatic rings. The Morgan fingerprint density at radius 3 is 2.78 bits per heavy atom. The molecular weight excluding hydrogens is 224 g/mol. The van der Waals surface area contributed by atoms with Gasteiger partial charge in [-0.15, -0.1) is 0 Å². The second kappa shape index (κ2) is 5.89. The van der Waals surface area contributed by atoms with Crippen LogP contribution in [0.2, 0.25) is 0 Å². The topological polar surface area (TPSA) is 28.4 Å². The molecular formula is C15H26N2O. The van der Waals surface area contributed by atoms with Gasteiger partial charge in [0.25, 0.3) is 0 Å². The van der Waals surface area contributed by atoms with Crippen molar-refractivity contribution in [2.75, 3.05) is 13.6 Å². The molecule has 0 bridgehead atoms. The summed E-state index contributed by atoms with van der Waals surface area (Å²) in [5, 5.41) is 3.40. The first-order valence-electron chi connectivity index (χ1n) is 7.04. The van der Waals surface area contributed by atoms with Gasteiger partial charge >= 0.3 is 0 Å². The van der Waals surface area contributed by atoms with E-state index in [4.69, 9.17) is 4.42 Å². The van der Waals surface area contributed by atoms with E-state index in [9.17, 15) is 0 Å². The van der Waals surface area contributed by atoms with E-state index in [0.29, 0.717) is 6.04 Å². The minimum atomic E-state index is 0.496. The number of hydrogen-bond donors (Lipinski definition) is 1. The number of nitrogens with zero attached hydrogens (tertiary/aromatic N) is 1. The Labute approximate surface area is 111 Å². The number of hydrogen-bond acceptors (Lipinski definition) is 3. The third kappa shape index (κ3) is 4.14. The van der Waals surface area contributed by atoms with Gasteiger partial charge in [-0.25, -0.2) is 0 Å². The Morgan fingerprint density at radius 2 is 2.17 bits per heavy atom. The molecule has 1 saturated carbocycles. The monoisotopic (exact) mass is 250 g/mol. The van der Waals surface area contributed by atoms with Crippen molar-refractivity contribution in [2.24, 2.45) is 5.92 Å². The smallest absolute Gasteiger partial charge is 0.120 e. The van der Waals surface area contributed by atoms with Crippen LogP contribution >= 0.6 is 0 Å². The molecule has 0 saturated heterocycles. The van der Waals surface area contributed by atoms with Crippen LogP contribution in [0.4, 0.5) is 0 Å². The summed E-state index contributed by atoms with van der Waals surface area (Å²) in [6.07, 6.45) is 2.82. The van der Waals surface area contributed by atoms with Gasteiger partial charge in [-0.3, -0.25) is 4.90 Å². The summed E-state index contributed by atoms with van der Waals surface area (Å²) < 4.78 is 5.93. The Morgan fingerprint density at radius 1 is 1.44 bits per heavy atom. The Hall–Kier alpha value is -0.800. The molecule has 0 amide bonds. The molecule has 1 aromatic heterocycles. The Bertz CT molecular complexity index is 380. The van der Waals surface area contributed by atoms with Crippen LogP contribution in [-0.4, -0.2) is 24.5 Å². The number of aryl methyl sites for hydroxylation is 1.